The van der Waals surface area contributed by atoms with Crippen molar-refractivity contribution in [3.05, 3.63) is 51.9 Å². The number of nitrogens with one attached hydrogen (secondary N) is 2. The first kappa shape index (κ1) is 21.3. The number of hydrogen-bond acceptors (Lipinski definition) is 7. The molecule has 0 saturated heterocycles. The van der Waals surface area contributed by atoms with Gasteiger partial charge in [-0.05, 0) is 25.1 Å². The van der Waals surface area contributed by atoms with Crippen LogP contribution in [0.2, 0.25) is 0 Å². The molecule has 3 aromatic rings. The zero-order valence-corrected chi connectivity index (χ0v) is 18.3. The Balaban J connectivity index is 1.92. The molecule has 2 heterocycles. The molecule has 0 spiro atoms. The number of fused-ring (bicyclic) bond motifs is 1. The van der Waals surface area contributed by atoms with Gasteiger partial charge in [0, 0.05) is 37.3 Å². The molecule has 0 aliphatic carbocycles. The number of nitrogens with zero attached hydrogens (tertiary/aromatic N) is 3. The van der Waals surface area contributed by atoms with Crippen LogP contribution in [0.5, 0.6) is 0 Å². The number of anilines is 2. The summed E-state index contributed by atoms with van der Waals surface area (Å²) in [6.07, 6.45) is 1.69. The van der Waals surface area contributed by atoms with Crippen LogP contribution in [-0.4, -0.2) is 41.7 Å². The molecule has 0 amide bonds. The highest BCUT2D eigenvalue weighted by atomic mass is 32.2. The number of rotatable bonds is 9. The summed E-state index contributed by atoms with van der Waals surface area (Å²) in [4.78, 5) is 17.5. The van der Waals surface area contributed by atoms with Crippen molar-refractivity contribution in [2.45, 2.75) is 32.2 Å². The lowest BCUT2D eigenvalue weighted by molar-refractivity contribution is 0.445. The van der Waals surface area contributed by atoms with E-state index in [1.807, 2.05) is 26.2 Å². The molecule has 8 nitrogen and oxygen atoms in total. The van der Waals surface area contributed by atoms with E-state index in [2.05, 4.69) is 15.6 Å². The summed E-state index contributed by atoms with van der Waals surface area (Å²) in [7, 11) is -3.57. The molecule has 29 heavy (non-hydrogen) atoms. The van der Waals surface area contributed by atoms with Crippen LogP contribution in [0.4, 0.5) is 11.4 Å². The molecule has 0 atom stereocenters. The summed E-state index contributed by atoms with van der Waals surface area (Å²) >= 11 is 1.39. The van der Waals surface area contributed by atoms with E-state index in [1.54, 1.807) is 24.4 Å². The molecule has 2 aromatic heterocycles. The molecular weight excluding hydrogens is 410 g/mol. The van der Waals surface area contributed by atoms with Crippen molar-refractivity contribution in [1.29, 1.82) is 0 Å². The van der Waals surface area contributed by atoms with Gasteiger partial charge in [0.25, 0.3) is 5.56 Å². The number of sulfonamides is 1. The highest BCUT2D eigenvalue weighted by Gasteiger charge is 2.22. The van der Waals surface area contributed by atoms with E-state index in [1.165, 1.54) is 26.1 Å². The molecule has 0 fully saturated rings. The van der Waals surface area contributed by atoms with Crippen LogP contribution in [0, 0.1) is 0 Å². The molecule has 156 valence electrons. The van der Waals surface area contributed by atoms with E-state index in [4.69, 9.17) is 0 Å². The zero-order valence-electron chi connectivity index (χ0n) is 16.7. The first-order valence-electron chi connectivity index (χ1n) is 9.48. The second kappa shape index (κ2) is 8.93. The van der Waals surface area contributed by atoms with Crippen LogP contribution in [0.25, 0.3) is 4.96 Å². The Morgan fingerprint density at radius 1 is 1.10 bits per heavy atom. The van der Waals surface area contributed by atoms with Crippen LogP contribution < -0.4 is 16.2 Å². The maximum atomic E-state index is 12.9. The van der Waals surface area contributed by atoms with E-state index in [0.29, 0.717) is 42.5 Å². The largest absolute Gasteiger partial charge is 0.384 e. The molecule has 1 aromatic carbocycles. The van der Waals surface area contributed by atoms with E-state index in [-0.39, 0.29) is 10.5 Å². The smallest absolute Gasteiger partial charge is 0.258 e. The third-order valence-corrected chi connectivity index (χ3v) is 7.32. The van der Waals surface area contributed by atoms with E-state index in [0.717, 1.165) is 5.69 Å². The van der Waals surface area contributed by atoms with Crippen LogP contribution >= 0.6 is 11.3 Å². The second-order valence-corrected chi connectivity index (χ2v) is 9.13. The van der Waals surface area contributed by atoms with Crippen molar-refractivity contribution in [1.82, 2.24) is 13.7 Å². The first-order valence-corrected chi connectivity index (χ1v) is 11.8. The highest BCUT2D eigenvalue weighted by Crippen LogP contribution is 2.27. The van der Waals surface area contributed by atoms with Gasteiger partial charge < -0.3 is 10.6 Å². The first-order chi connectivity index (χ1) is 13.9. The Bertz CT molecular complexity index is 1150. The van der Waals surface area contributed by atoms with Gasteiger partial charge in [-0.3, -0.25) is 9.20 Å². The average molecular weight is 436 g/mol. The normalized spacial score (nSPS) is 11.9. The molecule has 0 bridgehead atoms. The van der Waals surface area contributed by atoms with Gasteiger partial charge in [-0.25, -0.2) is 13.4 Å². The number of aromatic nitrogens is 2. The topological polar surface area (TPSA) is 95.8 Å². The van der Waals surface area contributed by atoms with Gasteiger partial charge in [0.05, 0.1) is 28.5 Å². The zero-order chi connectivity index (χ0) is 21.0. The Hall–Kier alpha value is -2.43. The predicted octanol–water partition coefficient (Wildman–Crippen LogP) is 2.83. The van der Waals surface area contributed by atoms with E-state index >= 15 is 0 Å². The highest BCUT2D eigenvalue weighted by molar-refractivity contribution is 7.89. The van der Waals surface area contributed by atoms with E-state index in [9.17, 15) is 13.2 Å². The van der Waals surface area contributed by atoms with Gasteiger partial charge in [0.15, 0.2) is 4.96 Å². The fraction of sp³-hybridized carbons (Fsp3) is 0.368. The average Bonchev–Trinajstić information content (AvgIpc) is 3.17. The van der Waals surface area contributed by atoms with Crippen molar-refractivity contribution >= 4 is 37.7 Å². The Morgan fingerprint density at radius 3 is 2.55 bits per heavy atom. The monoisotopic (exact) mass is 435 g/mol. The maximum Gasteiger partial charge on any atom is 0.258 e. The van der Waals surface area contributed by atoms with Crippen LogP contribution in [0.3, 0.4) is 0 Å². The number of benzene rings is 1. The molecule has 3 rings (SSSR count). The summed E-state index contributed by atoms with van der Waals surface area (Å²) in [6, 6.07) is 6.48. The molecule has 10 heteroatoms. The molecule has 2 N–H and O–H groups in total. The van der Waals surface area contributed by atoms with Gasteiger partial charge in [-0.1, -0.05) is 13.8 Å². The third kappa shape index (κ3) is 4.44. The lowest BCUT2D eigenvalue weighted by atomic mass is 10.2. The molecule has 0 radical (unpaired) electrons. The Labute approximate surface area is 174 Å². The SMILES string of the molecule is CCNc1ccc(S(=O)(=O)N(CC)CC)cc1NCc1cc(=O)n2ccsc2n1. The maximum absolute atomic E-state index is 12.9. The van der Waals surface area contributed by atoms with Gasteiger partial charge in [0.2, 0.25) is 10.0 Å². The molecule has 0 aliphatic heterocycles. The standard InChI is InChI=1S/C19H25N5O3S2/c1-4-20-16-8-7-15(29(26,27)23(5-2)6-3)12-17(16)21-13-14-11-18(25)24-9-10-28-19(24)22-14/h7-12,20-21H,4-6,13H2,1-3H3. The van der Waals surface area contributed by atoms with Crippen LogP contribution in [-0.2, 0) is 16.6 Å². The molecule has 0 aliphatic rings. The fourth-order valence-electron chi connectivity index (χ4n) is 3.05. The minimum absolute atomic E-state index is 0.141. The summed E-state index contributed by atoms with van der Waals surface area (Å²) < 4.78 is 28.7. The fourth-order valence-corrected chi connectivity index (χ4v) is 5.27. The van der Waals surface area contributed by atoms with Crippen molar-refractivity contribution < 1.29 is 8.42 Å². The predicted molar refractivity (Wildman–Crippen MR) is 117 cm³/mol. The summed E-state index contributed by atoms with van der Waals surface area (Å²) in [5, 5.41) is 8.28. The lowest BCUT2D eigenvalue weighted by Gasteiger charge is -2.20. The molecular formula is C19H25N5O3S2. The van der Waals surface area contributed by atoms with Gasteiger partial charge in [0.1, 0.15) is 0 Å². The summed E-state index contributed by atoms with van der Waals surface area (Å²) in [5.74, 6) is 0. The van der Waals surface area contributed by atoms with Gasteiger partial charge in [-0.2, -0.15) is 4.31 Å². The van der Waals surface area contributed by atoms with Crippen molar-refractivity contribution in [2.24, 2.45) is 0 Å². The minimum atomic E-state index is -3.57. The molecule has 0 unspecified atom stereocenters. The van der Waals surface area contributed by atoms with Crippen LogP contribution in [0.15, 0.2) is 45.5 Å². The summed E-state index contributed by atoms with van der Waals surface area (Å²) in [5.41, 5.74) is 1.89. The van der Waals surface area contributed by atoms with Crippen LogP contribution in [0.1, 0.15) is 26.5 Å². The lowest BCUT2D eigenvalue weighted by Crippen LogP contribution is -2.30. The molecule has 0 saturated carbocycles. The summed E-state index contributed by atoms with van der Waals surface area (Å²) in [6.45, 7) is 7.42. The number of thiazole rings is 1. The Kier molecular flexibility index (Phi) is 6.56. The van der Waals surface area contributed by atoms with Crippen molar-refractivity contribution in [2.75, 3.05) is 30.3 Å². The Morgan fingerprint density at radius 2 is 1.86 bits per heavy atom. The van der Waals surface area contributed by atoms with E-state index < -0.39 is 10.0 Å². The van der Waals surface area contributed by atoms with Crippen molar-refractivity contribution in [3.8, 4) is 0 Å². The minimum Gasteiger partial charge on any atom is -0.384 e. The number of hydrogen-bond donors (Lipinski definition) is 2. The third-order valence-electron chi connectivity index (χ3n) is 4.52. The second-order valence-electron chi connectivity index (χ2n) is 6.32. The van der Waals surface area contributed by atoms with Crippen molar-refractivity contribution in [3.63, 3.8) is 0 Å². The van der Waals surface area contributed by atoms with Gasteiger partial charge in [-0.15, -0.1) is 11.3 Å². The quantitative estimate of drug-likeness (QED) is 0.537. The van der Waals surface area contributed by atoms with Gasteiger partial charge >= 0.3 is 0 Å².